The van der Waals surface area contributed by atoms with Crippen LogP contribution in [0.25, 0.3) is 0 Å². The van der Waals surface area contributed by atoms with Gasteiger partial charge in [0.2, 0.25) is 10.0 Å². The molecule has 1 aliphatic heterocycles. The van der Waals surface area contributed by atoms with Crippen LogP contribution >= 0.6 is 11.3 Å². The second-order valence-corrected chi connectivity index (χ2v) is 8.63. The van der Waals surface area contributed by atoms with Gasteiger partial charge in [-0.3, -0.25) is 0 Å². The Labute approximate surface area is 155 Å². The third kappa shape index (κ3) is 3.37. The van der Waals surface area contributed by atoms with Crippen LogP contribution in [0.4, 0.5) is 0 Å². The third-order valence-electron chi connectivity index (χ3n) is 4.16. The number of esters is 2. The number of rotatable bonds is 4. The summed E-state index contributed by atoms with van der Waals surface area (Å²) in [6, 6.07) is 5.60. The molecule has 0 atom stereocenters. The fourth-order valence-electron chi connectivity index (χ4n) is 2.80. The van der Waals surface area contributed by atoms with Gasteiger partial charge in [0, 0.05) is 18.0 Å². The van der Waals surface area contributed by atoms with Crippen LogP contribution in [0.3, 0.4) is 0 Å². The second-order valence-electron chi connectivity index (χ2n) is 5.69. The highest BCUT2D eigenvalue weighted by atomic mass is 32.2. The van der Waals surface area contributed by atoms with Gasteiger partial charge in [0.25, 0.3) is 0 Å². The molecule has 0 spiro atoms. The van der Waals surface area contributed by atoms with Gasteiger partial charge < -0.3 is 9.47 Å². The Hall–Kier alpha value is -2.23. The number of thiophene rings is 1. The van der Waals surface area contributed by atoms with Gasteiger partial charge in [-0.25, -0.2) is 18.0 Å². The van der Waals surface area contributed by atoms with Crippen LogP contribution in [-0.2, 0) is 32.5 Å². The lowest BCUT2D eigenvalue weighted by Crippen LogP contribution is -2.35. The molecule has 0 radical (unpaired) electrons. The molecular formula is C17H17NO6S2. The van der Waals surface area contributed by atoms with Crippen molar-refractivity contribution in [3.05, 3.63) is 51.2 Å². The van der Waals surface area contributed by atoms with Crippen LogP contribution in [0.5, 0.6) is 0 Å². The molecule has 2 heterocycles. The first-order valence-corrected chi connectivity index (χ1v) is 10.1. The first-order valence-electron chi connectivity index (χ1n) is 7.74. The summed E-state index contributed by atoms with van der Waals surface area (Å²) >= 11 is 1.61. The molecule has 0 amide bonds. The summed E-state index contributed by atoms with van der Waals surface area (Å²) in [4.78, 5) is 24.8. The van der Waals surface area contributed by atoms with Crippen LogP contribution in [-0.4, -0.2) is 45.4 Å². The van der Waals surface area contributed by atoms with E-state index >= 15 is 0 Å². The molecule has 0 saturated carbocycles. The third-order valence-corrected chi connectivity index (χ3v) is 7.01. The first-order chi connectivity index (χ1) is 12.4. The lowest BCUT2D eigenvalue weighted by molar-refractivity contribution is 0.0598. The van der Waals surface area contributed by atoms with Gasteiger partial charge in [0.05, 0.1) is 30.2 Å². The van der Waals surface area contributed by atoms with Crippen molar-refractivity contribution in [1.29, 1.82) is 0 Å². The molecule has 1 aliphatic rings. The van der Waals surface area contributed by atoms with E-state index in [1.807, 2.05) is 11.4 Å². The van der Waals surface area contributed by atoms with Gasteiger partial charge >= 0.3 is 11.9 Å². The summed E-state index contributed by atoms with van der Waals surface area (Å²) in [5.41, 5.74) is 0.923. The quantitative estimate of drug-likeness (QED) is 0.736. The predicted molar refractivity (Wildman–Crippen MR) is 94.7 cm³/mol. The highest BCUT2D eigenvalue weighted by Crippen LogP contribution is 2.29. The van der Waals surface area contributed by atoms with Gasteiger partial charge in [0.15, 0.2) is 0 Å². The Kier molecular flexibility index (Phi) is 5.12. The Morgan fingerprint density at radius 1 is 1.08 bits per heavy atom. The Balaban J connectivity index is 2.04. The van der Waals surface area contributed by atoms with Crippen LogP contribution in [0, 0.1) is 0 Å². The Morgan fingerprint density at radius 2 is 1.69 bits per heavy atom. The number of sulfonamides is 1. The van der Waals surface area contributed by atoms with Gasteiger partial charge in [-0.1, -0.05) is 0 Å². The van der Waals surface area contributed by atoms with E-state index in [-0.39, 0.29) is 22.6 Å². The predicted octanol–water partition coefficient (Wildman–Crippen LogP) is 2.07. The Bertz CT molecular complexity index is 929. The molecule has 26 heavy (non-hydrogen) atoms. The van der Waals surface area contributed by atoms with Gasteiger partial charge in [-0.05, 0) is 41.6 Å². The van der Waals surface area contributed by atoms with Crippen LogP contribution in [0.15, 0.2) is 34.5 Å². The number of hydrogen-bond donors (Lipinski definition) is 0. The topological polar surface area (TPSA) is 90.0 Å². The number of hydrogen-bond acceptors (Lipinski definition) is 7. The van der Waals surface area contributed by atoms with Crippen LogP contribution < -0.4 is 0 Å². The van der Waals surface area contributed by atoms with Gasteiger partial charge in [0.1, 0.15) is 0 Å². The van der Waals surface area contributed by atoms with Crippen molar-refractivity contribution in [3.8, 4) is 0 Å². The van der Waals surface area contributed by atoms with Gasteiger partial charge in [-0.15, -0.1) is 11.3 Å². The molecule has 0 unspecified atom stereocenters. The smallest absolute Gasteiger partial charge is 0.337 e. The zero-order valence-corrected chi connectivity index (χ0v) is 15.9. The second kappa shape index (κ2) is 7.18. The van der Waals surface area contributed by atoms with Crippen LogP contribution in [0.1, 0.15) is 31.2 Å². The SMILES string of the molecule is COC(=O)c1cc(C(=O)OC)cc(S(=O)(=O)N2CCc3sccc3C2)c1. The maximum absolute atomic E-state index is 13.1. The summed E-state index contributed by atoms with van der Waals surface area (Å²) in [5, 5.41) is 1.94. The van der Waals surface area contributed by atoms with Crippen molar-refractivity contribution >= 4 is 33.3 Å². The maximum atomic E-state index is 13.1. The van der Waals surface area contributed by atoms with Crippen molar-refractivity contribution in [1.82, 2.24) is 4.31 Å². The lowest BCUT2D eigenvalue weighted by atomic mass is 10.1. The van der Waals surface area contributed by atoms with Crippen molar-refractivity contribution in [2.75, 3.05) is 20.8 Å². The minimum Gasteiger partial charge on any atom is -0.465 e. The summed E-state index contributed by atoms with van der Waals surface area (Å²) in [6.45, 7) is 0.600. The van der Waals surface area contributed by atoms with E-state index in [0.717, 1.165) is 5.56 Å². The van der Waals surface area contributed by atoms with E-state index in [1.165, 1.54) is 41.6 Å². The zero-order valence-electron chi connectivity index (χ0n) is 14.2. The summed E-state index contributed by atoms with van der Waals surface area (Å²) in [5.74, 6) is -1.46. The summed E-state index contributed by atoms with van der Waals surface area (Å²) < 4.78 is 36.8. The molecule has 138 valence electrons. The summed E-state index contributed by atoms with van der Waals surface area (Å²) in [7, 11) is -1.52. The molecule has 9 heteroatoms. The minimum absolute atomic E-state index is 0.0257. The van der Waals surface area contributed by atoms with E-state index in [1.54, 1.807) is 11.3 Å². The molecule has 7 nitrogen and oxygen atoms in total. The molecule has 0 saturated heterocycles. The number of carbonyl (C=O) groups excluding carboxylic acids is 2. The molecule has 1 aromatic heterocycles. The van der Waals surface area contributed by atoms with E-state index in [4.69, 9.17) is 0 Å². The molecule has 3 rings (SSSR count). The van der Waals surface area contributed by atoms with Crippen LogP contribution in [0.2, 0.25) is 0 Å². The van der Waals surface area contributed by atoms with E-state index < -0.39 is 22.0 Å². The highest BCUT2D eigenvalue weighted by molar-refractivity contribution is 7.89. The molecule has 2 aromatic rings. The van der Waals surface area contributed by atoms with Gasteiger partial charge in [-0.2, -0.15) is 4.31 Å². The van der Waals surface area contributed by atoms with Crippen molar-refractivity contribution < 1.29 is 27.5 Å². The number of ether oxygens (including phenoxy) is 2. The molecule has 0 N–H and O–H groups in total. The molecule has 1 aromatic carbocycles. The monoisotopic (exact) mass is 395 g/mol. The zero-order chi connectivity index (χ0) is 18.9. The first kappa shape index (κ1) is 18.6. The fourth-order valence-corrected chi connectivity index (χ4v) is 5.18. The highest BCUT2D eigenvalue weighted by Gasteiger charge is 2.30. The number of methoxy groups -OCH3 is 2. The fraction of sp³-hybridized carbons (Fsp3) is 0.294. The number of carbonyl (C=O) groups is 2. The van der Waals surface area contributed by atoms with Crippen molar-refractivity contribution in [3.63, 3.8) is 0 Å². The van der Waals surface area contributed by atoms with E-state index in [2.05, 4.69) is 9.47 Å². The molecule has 0 fully saturated rings. The van der Waals surface area contributed by atoms with Crippen molar-refractivity contribution in [2.24, 2.45) is 0 Å². The minimum atomic E-state index is -3.89. The maximum Gasteiger partial charge on any atom is 0.337 e. The lowest BCUT2D eigenvalue weighted by Gasteiger charge is -2.26. The average molecular weight is 395 g/mol. The number of benzene rings is 1. The standard InChI is InChI=1S/C17H17NO6S2/c1-23-16(19)12-7-13(17(20)24-2)9-14(8-12)26(21,22)18-5-3-15-11(10-18)4-6-25-15/h4,6-9H,3,5,10H2,1-2H3. The van der Waals surface area contributed by atoms with E-state index in [0.29, 0.717) is 13.0 Å². The molecular weight excluding hydrogens is 378 g/mol. The number of nitrogens with zero attached hydrogens (tertiary/aromatic N) is 1. The molecule has 0 aliphatic carbocycles. The summed E-state index contributed by atoms with van der Waals surface area (Å²) in [6.07, 6.45) is 0.632. The van der Waals surface area contributed by atoms with E-state index in [9.17, 15) is 18.0 Å². The average Bonchev–Trinajstić information content (AvgIpc) is 3.14. The largest absolute Gasteiger partial charge is 0.465 e. The number of fused-ring (bicyclic) bond motifs is 1. The molecule has 0 bridgehead atoms. The normalized spacial score (nSPS) is 14.5. The Morgan fingerprint density at radius 3 is 2.27 bits per heavy atom. The van der Waals surface area contributed by atoms with Crippen molar-refractivity contribution in [2.45, 2.75) is 17.9 Å².